The van der Waals surface area contributed by atoms with Crippen LogP contribution in [0.1, 0.15) is 22.8 Å². The Labute approximate surface area is 130 Å². The van der Waals surface area contributed by atoms with E-state index >= 15 is 0 Å². The Balaban J connectivity index is 2.19. The van der Waals surface area contributed by atoms with Crippen LogP contribution >= 0.6 is 34.4 Å². The highest BCUT2D eigenvalue weighted by atomic mass is 127. The molecule has 0 aromatic heterocycles. The van der Waals surface area contributed by atoms with Crippen LogP contribution in [0.25, 0.3) is 0 Å². The maximum absolute atomic E-state index is 10.8. The Morgan fingerprint density at radius 1 is 1.21 bits per heavy atom. The zero-order valence-corrected chi connectivity index (χ0v) is 13.4. The number of carbonyl (C=O) groups is 1. The number of halogens is 1. The molecule has 1 N–H and O–H groups in total. The fourth-order valence-corrected chi connectivity index (χ4v) is 3.37. The molecule has 98 valence electrons. The third kappa shape index (κ3) is 3.73. The van der Waals surface area contributed by atoms with Gasteiger partial charge >= 0.3 is 5.97 Å². The molecule has 0 heterocycles. The van der Waals surface area contributed by atoms with Crippen LogP contribution in [0.3, 0.4) is 0 Å². The second-order valence-corrected chi connectivity index (χ2v) is 6.33. The summed E-state index contributed by atoms with van der Waals surface area (Å²) in [5.74, 6) is -0.890. The van der Waals surface area contributed by atoms with Crippen molar-refractivity contribution in [3.8, 4) is 0 Å². The molecule has 0 saturated carbocycles. The maximum atomic E-state index is 10.8. The lowest BCUT2D eigenvalue weighted by atomic mass is 10.2. The largest absolute Gasteiger partial charge is 0.478 e. The molecule has 0 saturated heterocycles. The molecular weight excluding hydrogens is 371 g/mol. The van der Waals surface area contributed by atoms with E-state index in [2.05, 4.69) is 47.7 Å². The zero-order valence-electron chi connectivity index (χ0n) is 10.4. The minimum absolute atomic E-state index is 0.320. The fourth-order valence-electron chi connectivity index (χ4n) is 1.64. The Morgan fingerprint density at radius 2 is 1.89 bits per heavy atom. The van der Waals surface area contributed by atoms with Crippen molar-refractivity contribution in [2.45, 2.75) is 23.1 Å². The lowest BCUT2D eigenvalue weighted by Crippen LogP contribution is -1.94. The number of hydrogen-bond donors (Lipinski definition) is 1. The van der Waals surface area contributed by atoms with Crippen molar-refractivity contribution in [1.82, 2.24) is 0 Å². The highest BCUT2D eigenvalue weighted by molar-refractivity contribution is 14.1. The molecule has 2 rings (SSSR count). The third-order valence-corrected chi connectivity index (χ3v) is 5.08. The molecule has 0 fully saturated rings. The summed E-state index contributed by atoms with van der Waals surface area (Å²) >= 11 is 3.99. The van der Waals surface area contributed by atoms with Crippen LogP contribution in [0.15, 0.2) is 52.3 Å². The third-order valence-electron chi connectivity index (χ3n) is 2.73. The van der Waals surface area contributed by atoms with Gasteiger partial charge in [0.05, 0.1) is 5.56 Å². The molecule has 2 aromatic carbocycles. The molecule has 0 aliphatic rings. The van der Waals surface area contributed by atoms with Gasteiger partial charge in [0.2, 0.25) is 0 Å². The lowest BCUT2D eigenvalue weighted by molar-refractivity contribution is 0.0697. The van der Waals surface area contributed by atoms with Crippen LogP contribution in [-0.4, -0.2) is 11.1 Å². The Bertz CT molecular complexity index is 594. The van der Waals surface area contributed by atoms with Gasteiger partial charge in [-0.15, -0.1) is 0 Å². The summed E-state index contributed by atoms with van der Waals surface area (Å²) in [6.45, 7) is 2.14. The molecule has 0 spiro atoms. The maximum Gasteiger partial charge on any atom is 0.335 e. The molecule has 0 amide bonds. The summed E-state index contributed by atoms with van der Waals surface area (Å²) in [5, 5.41) is 8.86. The van der Waals surface area contributed by atoms with E-state index in [1.807, 2.05) is 12.1 Å². The smallest absolute Gasteiger partial charge is 0.335 e. The standard InChI is InChI=1S/C15H13IO2S/c1-2-10-3-8-14(13(16)9-10)19-12-6-4-11(5-7-12)15(17)18/h3-9H,2H2,1H3,(H,17,18). The predicted octanol–water partition coefficient (Wildman–Crippen LogP) is 4.70. The van der Waals surface area contributed by atoms with Gasteiger partial charge in [-0.25, -0.2) is 4.79 Å². The van der Waals surface area contributed by atoms with Crippen LogP contribution in [0.4, 0.5) is 0 Å². The minimum Gasteiger partial charge on any atom is -0.478 e. The number of aryl methyl sites for hydroxylation is 1. The van der Waals surface area contributed by atoms with Crippen molar-refractivity contribution < 1.29 is 9.90 Å². The van der Waals surface area contributed by atoms with Crippen molar-refractivity contribution in [3.05, 3.63) is 57.2 Å². The van der Waals surface area contributed by atoms with Crippen molar-refractivity contribution in [3.63, 3.8) is 0 Å². The van der Waals surface area contributed by atoms with Gasteiger partial charge in [0.25, 0.3) is 0 Å². The Hall–Kier alpha value is -1.01. The number of aromatic carboxylic acids is 1. The summed E-state index contributed by atoms with van der Waals surface area (Å²) in [6.07, 6.45) is 1.04. The van der Waals surface area contributed by atoms with Crippen LogP contribution in [0.5, 0.6) is 0 Å². The fraction of sp³-hybridized carbons (Fsp3) is 0.133. The van der Waals surface area contributed by atoms with Gasteiger partial charge in [-0.05, 0) is 71.0 Å². The topological polar surface area (TPSA) is 37.3 Å². The van der Waals surface area contributed by atoms with E-state index in [9.17, 15) is 4.79 Å². The normalized spacial score (nSPS) is 10.4. The SMILES string of the molecule is CCc1ccc(Sc2ccc(C(=O)O)cc2)c(I)c1. The monoisotopic (exact) mass is 384 g/mol. The zero-order chi connectivity index (χ0) is 13.8. The summed E-state index contributed by atoms with van der Waals surface area (Å²) in [7, 11) is 0. The molecule has 0 unspecified atom stereocenters. The quantitative estimate of drug-likeness (QED) is 0.777. The molecule has 4 heteroatoms. The van der Waals surface area contributed by atoms with Crippen LogP contribution in [-0.2, 0) is 6.42 Å². The molecule has 19 heavy (non-hydrogen) atoms. The van der Waals surface area contributed by atoms with Crippen LogP contribution in [0, 0.1) is 3.57 Å². The highest BCUT2D eigenvalue weighted by Gasteiger charge is 2.05. The van der Waals surface area contributed by atoms with Gasteiger partial charge in [0, 0.05) is 13.4 Å². The van der Waals surface area contributed by atoms with Gasteiger partial charge in [-0.2, -0.15) is 0 Å². The molecule has 0 radical (unpaired) electrons. The van der Waals surface area contributed by atoms with Crippen molar-refractivity contribution in [2.24, 2.45) is 0 Å². The summed E-state index contributed by atoms with van der Waals surface area (Å²) < 4.78 is 1.23. The number of benzene rings is 2. The molecule has 2 aromatic rings. The van der Waals surface area contributed by atoms with Gasteiger partial charge in [-0.3, -0.25) is 0 Å². The van der Waals surface area contributed by atoms with E-state index in [4.69, 9.17) is 5.11 Å². The van der Waals surface area contributed by atoms with E-state index in [0.29, 0.717) is 5.56 Å². The van der Waals surface area contributed by atoms with E-state index in [0.717, 1.165) is 11.3 Å². The molecule has 0 atom stereocenters. The predicted molar refractivity (Wildman–Crippen MR) is 86.1 cm³/mol. The van der Waals surface area contributed by atoms with E-state index in [-0.39, 0.29) is 0 Å². The van der Waals surface area contributed by atoms with Crippen LogP contribution < -0.4 is 0 Å². The van der Waals surface area contributed by atoms with E-state index in [1.54, 1.807) is 23.9 Å². The van der Waals surface area contributed by atoms with Crippen molar-refractivity contribution >= 4 is 40.3 Å². The summed E-state index contributed by atoms with van der Waals surface area (Å²) in [5.41, 5.74) is 1.65. The van der Waals surface area contributed by atoms with Gasteiger partial charge in [-0.1, -0.05) is 24.8 Å². The first kappa shape index (κ1) is 14.4. The van der Waals surface area contributed by atoms with Gasteiger partial charge < -0.3 is 5.11 Å². The van der Waals surface area contributed by atoms with Gasteiger partial charge in [0.15, 0.2) is 0 Å². The summed E-state index contributed by atoms with van der Waals surface area (Å²) in [6, 6.07) is 13.4. The van der Waals surface area contributed by atoms with Crippen molar-refractivity contribution in [1.29, 1.82) is 0 Å². The molecular formula is C15H13IO2S. The molecule has 0 aliphatic carbocycles. The highest BCUT2D eigenvalue weighted by Crippen LogP contribution is 2.32. The number of hydrogen-bond acceptors (Lipinski definition) is 2. The van der Waals surface area contributed by atoms with E-state index in [1.165, 1.54) is 14.0 Å². The number of carboxylic acid groups (broad SMARTS) is 1. The molecule has 0 aliphatic heterocycles. The lowest BCUT2D eigenvalue weighted by Gasteiger charge is -2.06. The average Bonchev–Trinajstić information content (AvgIpc) is 2.41. The minimum atomic E-state index is -0.890. The Kier molecular flexibility index (Phi) is 4.87. The molecule has 2 nitrogen and oxygen atoms in total. The number of rotatable bonds is 4. The molecule has 0 bridgehead atoms. The first-order chi connectivity index (χ1) is 9.10. The van der Waals surface area contributed by atoms with Gasteiger partial charge in [0.1, 0.15) is 0 Å². The average molecular weight is 384 g/mol. The van der Waals surface area contributed by atoms with Crippen LogP contribution in [0.2, 0.25) is 0 Å². The Morgan fingerprint density at radius 3 is 2.42 bits per heavy atom. The first-order valence-electron chi connectivity index (χ1n) is 5.90. The second-order valence-electron chi connectivity index (χ2n) is 4.05. The second kappa shape index (κ2) is 6.43. The first-order valence-corrected chi connectivity index (χ1v) is 7.79. The number of carboxylic acids is 1. The van der Waals surface area contributed by atoms with E-state index < -0.39 is 5.97 Å². The van der Waals surface area contributed by atoms with Crippen molar-refractivity contribution in [2.75, 3.05) is 0 Å². The summed E-state index contributed by atoms with van der Waals surface area (Å²) in [4.78, 5) is 13.0.